The maximum Gasteiger partial charge on any atom is 0.389 e. The van der Waals surface area contributed by atoms with Gasteiger partial charge in [0.1, 0.15) is 0 Å². The molecule has 0 aliphatic rings. The molecule has 1 atom stereocenters. The number of carbonyl (C=O) groups is 2. The number of aliphatic carboxylic acids is 1. The molecule has 17 heavy (non-hydrogen) atoms. The standard InChI is InChI=1S/C10H16F3NO3/c1-7(15)14-5-3-2-4-8(9(16)17)6-10(11,12)13/h8H,2-6H2,1H3,(H,14,15)(H,16,17). The van der Waals surface area contributed by atoms with Crippen LogP contribution in [-0.4, -0.2) is 29.7 Å². The molecule has 1 amide bonds. The molecule has 0 aromatic rings. The number of carboxylic acids is 1. The highest BCUT2D eigenvalue weighted by Crippen LogP contribution is 2.27. The number of carboxylic acid groups (broad SMARTS) is 1. The molecule has 0 fully saturated rings. The first-order chi connectivity index (χ1) is 7.72. The number of rotatable bonds is 7. The quantitative estimate of drug-likeness (QED) is 0.683. The highest BCUT2D eigenvalue weighted by Gasteiger charge is 2.34. The van der Waals surface area contributed by atoms with E-state index in [4.69, 9.17) is 5.11 Å². The smallest absolute Gasteiger partial charge is 0.389 e. The highest BCUT2D eigenvalue weighted by molar-refractivity contribution is 5.72. The summed E-state index contributed by atoms with van der Waals surface area (Å²) in [5.74, 6) is -3.04. The van der Waals surface area contributed by atoms with Gasteiger partial charge in [-0.2, -0.15) is 13.2 Å². The van der Waals surface area contributed by atoms with E-state index in [0.29, 0.717) is 19.4 Å². The Balaban J connectivity index is 3.87. The van der Waals surface area contributed by atoms with Gasteiger partial charge in [0.2, 0.25) is 5.91 Å². The van der Waals surface area contributed by atoms with Crippen LogP contribution in [0, 0.1) is 5.92 Å². The Hall–Kier alpha value is -1.27. The number of amides is 1. The van der Waals surface area contributed by atoms with Gasteiger partial charge in [-0.05, 0) is 12.8 Å². The van der Waals surface area contributed by atoms with Crippen molar-refractivity contribution in [3.8, 4) is 0 Å². The van der Waals surface area contributed by atoms with E-state index in [9.17, 15) is 22.8 Å². The Morgan fingerprint density at radius 2 is 1.88 bits per heavy atom. The predicted molar refractivity (Wildman–Crippen MR) is 54.3 cm³/mol. The third kappa shape index (κ3) is 9.65. The Bertz CT molecular complexity index is 266. The largest absolute Gasteiger partial charge is 0.481 e. The average Bonchev–Trinajstić information content (AvgIpc) is 2.12. The van der Waals surface area contributed by atoms with Crippen LogP contribution in [-0.2, 0) is 9.59 Å². The Kier molecular flexibility index (Phi) is 6.60. The summed E-state index contributed by atoms with van der Waals surface area (Å²) in [5, 5.41) is 11.1. The molecule has 0 radical (unpaired) electrons. The SMILES string of the molecule is CC(=O)NCCCCC(CC(F)(F)F)C(=O)O. The lowest BCUT2D eigenvalue weighted by atomic mass is 9.98. The van der Waals surface area contributed by atoms with Crippen molar-refractivity contribution in [2.45, 2.75) is 38.8 Å². The fourth-order valence-corrected chi connectivity index (χ4v) is 1.37. The molecular weight excluding hydrogens is 239 g/mol. The van der Waals surface area contributed by atoms with Crippen LogP contribution in [0.1, 0.15) is 32.6 Å². The molecule has 0 saturated carbocycles. The van der Waals surface area contributed by atoms with E-state index in [1.54, 1.807) is 0 Å². The molecular formula is C10H16F3NO3. The van der Waals surface area contributed by atoms with Gasteiger partial charge in [0.05, 0.1) is 12.3 Å². The second-order valence-corrected chi connectivity index (χ2v) is 3.83. The van der Waals surface area contributed by atoms with Gasteiger partial charge in [0.15, 0.2) is 0 Å². The normalized spacial score (nSPS) is 13.2. The van der Waals surface area contributed by atoms with E-state index in [1.807, 2.05) is 0 Å². The molecule has 0 aliphatic carbocycles. The number of unbranched alkanes of at least 4 members (excludes halogenated alkanes) is 1. The second-order valence-electron chi connectivity index (χ2n) is 3.83. The Morgan fingerprint density at radius 1 is 1.29 bits per heavy atom. The predicted octanol–water partition coefficient (Wildman–Crippen LogP) is 1.95. The molecule has 1 unspecified atom stereocenters. The minimum atomic E-state index is -4.46. The third-order valence-corrected chi connectivity index (χ3v) is 2.18. The van der Waals surface area contributed by atoms with Gasteiger partial charge in [0, 0.05) is 13.5 Å². The molecule has 2 N–H and O–H groups in total. The molecule has 0 heterocycles. The van der Waals surface area contributed by atoms with E-state index in [0.717, 1.165) is 0 Å². The number of hydrogen-bond donors (Lipinski definition) is 2. The number of alkyl halides is 3. The summed E-state index contributed by atoms with van der Waals surface area (Å²) in [6.45, 7) is 1.69. The zero-order chi connectivity index (χ0) is 13.5. The minimum Gasteiger partial charge on any atom is -0.481 e. The summed E-state index contributed by atoms with van der Waals surface area (Å²) in [6, 6.07) is 0. The van der Waals surface area contributed by atoms with Gasteiger partial charge in [-0.25, -0.2) is 0 Å². The van der Waals surface area contributed by atoms with Crippen LogP contribution >= 0.6 is 0 Å². The van der Waals surface area contributed by atoms with E-state index in [2.05, 4.69) is 5.32 Å². The first kappa shape index (κ1) is 15.7. The molecule has 0 saturated heterocycles. The molecule has 0 aromatic heterocycles. The molecule has 7 heteroatoms. The monoisotopic (exact) mass is 255 g/mol. The summed E-state index contributed by atoms with van der Waals surface area (Å²) in [5.41, 5.74) is 0. The van der Waals surface area contributed by atoms with Gasteiger partial charge in [-0.15, -0.1) is 0 Å². The Labute approximate surface area is 97.2 Å². The molecule has 0 spiro atoms. The topological polar surface area (TPSA) is 66.4 Å². The number of hydrogen-bond acceptors (Lipinski definition) is 2. The van der Waals surface area contributed by atoms with Crippen molar-refractivity contribution in [3.05, 3.63) is 0 Å². The van der Waals surface area contributed by atoms with Crippen LogP contribution in [0.4, 0.5) is 13.2 Å². The van der Waals surface area contributed by atoms with Crippen molar-refractivity contribution in [2.24, 2.45) is 5.92 Å². The van der Waals surface area contributed by atoms with Crippen molar-refractivity contribution in [2.75, 3.05) is 6.54 Å². The fraction of sp³-hybridized carbons (Fsp3) is 0.800. The van der Waals surface area contributed by atoms with E-state index < -0.39 is 24.5 Å². The lowest BCUT2D eigenvalue weighted by Gasteiger charge is -2.14. The van der Waals surface area contributed by atoms with Gasteiger partial charge < -0.3 is 10.4 Å². The van der Waals surface area contributed by atoms with Crippen molar-refractivity contribution < 1.29 is 27.9 Å². The van der Waals surface area contributed by atoms with Crippen LogP contribution in [0.5, 0.6) is 0 Å². The summed E-state index contributed by atoms with van der Waals surface area (Å²) < 4.78 is 36.1. The lowest BCUT2D eigenvalue weighted by molar-refractivity contribution is -0.164. The van der Waals surface area contributed by atoms with E-state index in [1.165, 1.54) is 6.92 Å². The van der Waals surface area contributed by atoms with Crippen molar-refractivity contribution in [3.63, 3.8) is 0 Å². The highest BCUT2D eigenvalue weighted by atomic mass is 19.4. The van der Waals surface area contributed by atoms with Crippen LogP contribution < -0.4 is 5.32 Å². The third-order valence-electron chi connectivity index (χ3n) is 2.18. The number of carbonyl (C=O) groups excluding carboxylic acids is 1. The fourth-order valence-electron chi connectivity index (χ4n) is 1.37. The number of halogens is 3. The second kappa shape index (κ2) is 7.13. The zero-order valence-electron chi connectivity index (χ0n) is 9.51. The van der Waals surface area contributed by atoms with E-state index in [-0.39, 0.29) is 12.3 Å². The van der Waals surface area contributed by atoms with Gasteiger partial charge in [0.25, 0.3) is 0 Å². The first-order valence-corrected chi connectivity index (χ1v) is 5.26. The van der Waals surface area contributed by atoms with Crippen LogP contribution in [0.15, 0.2) is 0 Å². The van der Waals surface area contributed by atoms with Gasteiger partial charge in [-0.1, -0.05) is 6.42 Å². The molecule has 0 rings (SSSR count). The molecule has 0 aromatic carbocycles. The summed E-state index contributed by atoms with van der Waals surface area (Å²) in [6.07, 6.45) is -4.98. The summed E-state index contributed by atoms with van der Waals surface area (Å²) in [7, 11) is 0. The van der Waals surface area contributed by atoms with Crippen molar-refractivity contribution >= 4 is 11.9 Å². The van der Waals surface area contributed by atoms with Crippen LogP contribution in [0.2, 0.25) is 0 Å². The van der Waals surface area contributed by atoms with Crippen LogP contribution in [0.25, 0.3) is 0 Å². The maximum absolute atomic E-state index is 12.0. The number of nitrogens with one attached hydrogen (secondary N) is 1. The first-order valence-electron chi connectivity index (χ1n) is 5.26. The lowest BCUT2D eigenvalue weighted by Crippen LogP contribution is -2.23. The van der Waals surface area contributed by atoms with Gasteiger partial charge in [-0.3, -0.25) is 9.59 Å². The molecule has 0 aliphatic heterocycles. The molecule has 4 nitrogen and oxygen atoms in total. The minimum absolute atomic E-state index is 0.0333. The summed E-state index contributed by atoms with van der Waals surface area (Å²) >= 11 is 0. The van der Waals surface area contributed by atoms with E-state index >= 15 is 0 Å². The van der Waals surface area contributed by atoms with Crippen molar-refractivity contribution in [1.82, 2.24) is 5.32 Å². The zero-order valence-corrected chi connectivity index (χ0v) is 9.51. The Morgan fingerprint density at radius 3 is 2.29 bits per heavy atom. The average molecular weight is 255 g/mol. The molecule has 100 valence electrons. The van der Waals surface area contributed by atoms with Gasteiger partial charge >= 0.3 is 12.1 Å². The maximum atomic E-state index is 12.0. The molecule has 0 bridgehead atoms. The van der Waals surface area contributed by atoms with Crippen LogP contribution in [0.3, 0.4) is 0 Å². The summed E-state index contributed by atoms with van der Waals surface area (Å²) in [4.78, 5) is 21.1. The van der Waals surface area contributed by atoms with Crippen molar-refractivity contribution in [1.29, 1.82) is 0 Å².